The van der Waals surface area contributed by atoms with Gasteiger partial charge in [-0.05, 0) is 58.7 Å². The molecule has 0 saturated heterocycles. The molecule has 0 aliphatic carbocycles. The zero-order valence-corrected chi connectivity index (χ0v) is 19.0. The number of hydrogen-bond acceptors (Lipinski definition) is 5. The Kier molecular flexibility index (Phi) is 5.53. The van der Waals surface area contributed by atoms with Gasteiger partial charge in [0.25, 0.3) is 5.56 Å². The van der Waals surface area contributed by atoms with Crippen molar-refractivity contribution in [1.82, 2.24) is 19.3 Å². The number of aromatic nitrogens is 3. The van der Waals surface area contributed by atoms with Crippen LogP contribution in [0.2, 0.25) is 0 Å². The van der Waals surface area contributed by atoms with Gasteiger partial charge >= 0.3 is 0 Å². The molecule has 3 aromatic rings. The molecule has 0 fully saturated rings. The summed E-state index contributed by atoms with van der Waals surface area (Å²) < 4.78 is 22.4. The SMILES string of the molecule is Cc1cc([C@@H](C)N[S@](=O)C(C)(C)C)c2nc(-c3nc(C)oc3C)n(C)c(=O)c2c1. The summed E-state index contributed by atoms with van der Waals surface area (Å²) in [6.45, 7) is 13.2. The average Bonchev–Trinajstić information content (AvgIpc) is 2.95. The standard InChI is InChI=1S/C21H28N4O3S/c1-11-9-15(12(2)24-29(27)21(5,6)7)18-16(10-11)20(26)25(8)19(23-18)17-13(3)28-14(4)22-17/h9-10,12,24H,1-8H3/t12-,29-/m1/s1. The molecule has 0 spiro atoms. The van der Waals surface area contributed by atoms with Crippen LogP contribution in [0.3, 0.4) is 0 Å². The Balaban J connectivity index is 2.25. The van der Waals surface area contributed by atoms with E-state index in [0.29, 0.717) is 34.1 Å². The summed E-state index contributed by atoms with van der Waals surface area (Å²) in [6.07, 6.45) is 0. The van der Waals surface area contributed by atoms with Crippen LogP contribution < -0.4 is 10.3 Å². The van der Waals surface area contributed by atoms with Crippen molar-refractivity contribution in [2.24, 2.45) is 7.05 Å². The van der Waals surface area contributed by atoms with Crippen LogP contribution in [0.4, 0.5) is 0 Å². The summed E-state index contributed by atoms with van der Waals surface area (Å²) >= 11 is 0. The van der Waals surface area contributed by atoms with Gasteiger partial charge in [0.2, 0.25) is 0 Å². The van der Waals surface area contributed by atoms with Crippen molar-refractivity contribution in [1.29, 1.82) is 0 Å². The minimum atomic E-state index is -1.26. The fraction of sp³-hybridized carbons (Fsp3) is 0.476. The molecule has 0 aliphatic heterocycles. The van der Waals surface area contributed by atoms with Gasteiger partial charge in [-0.25, -0.2) is 18.9 Å². The fourth-order valence-electron chi connectivity index (χ4n) is 3.23. The van der Waals surface area contributed by atoms with Gasteiger partial charge in [0, 0.05) is 20.0 Å². The summed E-state index contributed by atoms with van der Waals surface area (Å²) in [4.78, 5) is 22.4. The molecule has 3 rings (SSSR count). The van der Waals surface area contributed by atoms with Crippen molar-refractivity contribution in [3.8, 4) is 11.5 Å². The smallest absolute Gasteiger partial charge is 0.261 e. The third kappa shape index (κ3) is 4.04. The van der Waals surface area contributed by atoms with Crippen LogP contribution in [0.1, 0.15) is 56.5 Å². The summed E-state index contributed by atoms with van der Waals surface area (Å²) in [5, 5.41) is 0.527. The first-order valence-corrected chi connectivity index (χ1v) is 10.7. The van der Waals surface area contributed by atoms with E-state index in [-0.39, 0.29) is 11.6 Å². The predicted molar refractivity (Wildman–Crippen MR) is 116 cm³/mol. The van der Waals surface area contributed by atoms with Gasteiger partial charge in [-0.15, -0.1) is 0 Å². The Hall–Kier alpha value is -2.32. The lowest BCUT2D eigenvalue weighted by Crippen LogP contribution is -2.35. The Bertz CT molecular complexity index is 1170. The van der Waals surface area contributed by atoms with Gasteiger partial charge in [-0.2, -0.15) is 0 Å². The van der Waals surface area contributed by atoms with Gasteiger partial charge in [0.05, 0.1) is 26.6 Å². The lowest BCUT2D eigenvalue weighted by Gasteiger charge is -2.23. The van der Waals surface area contributed by atoms with E-state index in [1.807, 2.05) is 46.8 Å². The molecule has 0 saturated carbocycles. The molecule has 29 heavy (non-hydrogen) atoms. The Morgan fingerprint density at radius 3 is 2.38 bits per heavy atom. The third-order valence-electron chi connectivity index (χ3n) is 4.78. The molecule has 1 aromatic carbocycles. The van der Waals surface area contributed by atoms with E-state index in [2.05, 4.69) is 9.71 Å². The second-order valence-electron chi connectivity index (χ2n) is 8.41. The van der Waals surface area contributed by atoms with Crippen LogP contribution >= 0.6 is 0 Å². The molecule has 0 unspecified atom stereocenters. The van der Waals surface area contributed by atoms with Crippen molar-refractivity contribution in [3.05, 3.63) is 45.3 Å². The van der Waals surface area contributed by atoms with E-state index in [4.69, 9.17) is 9.40 Å². The monoisotopic (exact) mass is 416 g/mol. The predicted octanol–water partition coefficient (Wildman–Crippen LogP) is 3.63. The molecule has 2 heterocycles. The number of benzene rings is 1. The second kappa shape index (κ2) is 7.50. The number of rotatable bonds is 4. The molecule has 2 atom stereocenters. The van der Waals surface area contributed by atoms with Gasteiger partial charge in [0.15, 0.2) is 11.7 Å². The van der Waals surface area contributed by atoms with E-state index < -0.39 is 15.7 Å². The summed E-state index contributed by atoms with van der Waals surface area (Å²) in [5.41, 5.74) is 2.76. The molecule has 2 aromatic heterocycles. The third-order valence-corrected chi connectivity index (χ3v) is 6.46. The van der Waals surface area contributed by atoms with Gasteiger partial charge in [-0.3, -0.25) is 9.36 Å². The van der Waals surface area contributed by atoms with Crippen LogP contribution in [0.25, 0.3) is 22.4 Å². The average molecular weight is 417 g/mol. The van der Waals surface area contributed by atoms with Crippen LogP contribution in [0.5, 0.6) is 0 Å². The maximum Gasteiger partial charge on any atom is 0.261 e. The van der Waals surface area contributed by atoms with Crippen molar-refractivity contribution in [2.45, 2.75) is 59.3 Å². The Labute approximate surface area is 173 Å². The Morgan fingerprint density at radius 2 is 1.83 bits per heavy atom. The highest BCUT2D eigenvalue weighted by molar-refractivity contribution is 7.84. The Morgan fingerprint density at radius 1 is 1.17 bits per heavy atom. The van der Waals surface area contributed by atoms with E-state index in [0.717, 1.165) is 11.1 Å². The molecular formula is C21H28N4O3S. The number of nitrogens with zero attached hydrogens (tertiary/aromatic N) is 3. The summed E-state index contributed by atoms with van der Waals surface area (Å²) in [6, 6.07) is 3.56. The first-order chi connectivity index (χ1) is 13.4. The zero-order chi connectivity index (χ0) is 21.7. The quantitative estimate of drug-likeness (QED) is 0.701. The molecule has 0 bridgehead atoms. The summed E-state index contributed by atoms with van der Waals surface area (Å²) in [5.74, 6) is 1.58. The van der Waals surface area contributed by atoms with Gasteiger partial charge < -0.3 is 4.42 Å². The molecule has 156 valence electrons. The maximum absolute atomic E-state index is 13.1. The largest absolute Gasteiger partial charge is 0.446 e. The first kappa shape index (κ1) is 21.4. The van der Waals surface area contributed by atoms with Gasteiger partial charge in [-0.1, -0.05) is 6.07 Å². The lowest BCUT2D eigenvalue weighted by molar-refractivity contribution is 0.494. The molecule has 0 radical (unpaired) electrons. The van der Waals surface area contributed by atoms with Crippen LogP contribution in [0.15, 0.2) is 21.3 Å². The molecule has 1 N–H and O–H groups in total. The van der Waals surface area contributed by atoms with E-state index in [1.54, 1.807) is 20.9 Å². The number of oxazole rings is 1. The summed E-state index contributed by atoms with van der Waals surface area (Å²) in [7, 11) is 0.429. The topological polar surface area (TPSA) is 90.0 Å². The molecule has 0 amide bonds. The number of nitrogens with one attached hydrogen (secondary N) is 1. The molecule has 8 heteroatoms. The van der Waals surface area contributed by atoms with E-state index in [1.165, 1.54) is 4.57 Å². The molecule has 7 nitrogen and oxygen atoms in total. The van der Waals surface area contributed by atoms with Crippen LogP contribution in [0, 0.1) is 20.8 Å². The van der Waals surface area contributed by atoms with Crippen molar-refractivity contribution in [2.75, 3.05) is 0 Å². The van der Waals surface area contributed by atoms with Gasteiger partial charge in [0.1, 0.15) is 11.5 Å². The minimum Gasteiger partial charge on any atom is -0.446 e. The lowest BCUT2D eigenvalue weighted by atomic mass is 10.0. The van der Waals surface area contributed by atoms with E-state index in [9.17, 15) is 9.00 Å². The zero-order valence-electron chi connectivity index (χ0n) is 18.2. The van der Waals surface area contributed by atoms with Crippen molar-refractivity contribution < 1.29 is 8.63 Å². The van der Waals surface area contributed by atoms with Crippen molar-refractivity contribution in [3.63, 3.8) is 0 Å². The highest BCUT2D eigenvalue weighted by atomic mass is 32.2. The first-order valence-electron chi connectivity index (χ1n) is 9.54. The normalized spacial score (nSPS) is 14.3. The van der Waals surface area contributed by atoms with E-state index >= 15 is 0 Å². The molecular weight excluding hydrogens is 388 g/mol. The highest BCUT2D eigenvalue weighted by Crippen LogP contribution is 2.28. The maximum atomic E-state index is 13.1. The number of aryl methyl sites for hydroxylation is 3. The second-order valence-corrected chi connectivity index (χ2v) is 10.4. The van der Waals surface area contributed by atoms with Crippen LogP contribution in [-0.4, -0.2) is 23.5 Å². The molecule has 0 aliphatic rings. The van der Waals surface area contributed by atoms with Crippen molar-refractivity contribution >= 4 is 21.9 Å². The number of fused-ring (bicyclic) bond motifs is 1. The minimum absolute atomic E-state index is 0.154. The van der Waals surface area contributed by atoms with Crippen LogP contribution in [-0.2, 0) is 18.0 Å². The number of hydrogen-bond donors (Lipinski definition) is 1. The fourth-order valence-corrected chi connectivity index (χ4v) is 4.03. The highest BCUT2D eigenvalue weighted by Gasteiger charge is 2.24.